The van der Waals surface area contributed by atoms with E-state index >= 15 is 0 Å². The number of hydrogen-bond donors (Lipinski definition) is 3. The molecule has 4 N–H and O–H groups in total. The number of benzene rings is 3. The first-order valence-corrected chi connectivity index (χ1v) is 8.82. The van der Waals surface area contributed by atoms with Crippen molar-refractivity contribution in [2.24, 2.45) is 0 Å². The molecule has 0 aliphatic carbocycles. The Hall–Kier alpha value is -3.47. The van der Waals surface area contributed by atoms with Crippen molar-refractivity contribution in [3.8, 4) is 11.5 Å². The highest BCUT2D eigenvalue weighted by molar-refractivity contribution is 5.96. The molecular formula is C22H23N3O2. The Morgan fingerprint density at radius 1 is 0.926 bits per heavy atom. The summed E-state index contributed by atoms with van der Waals surface area (Å²) in [5.41, 5.74) is 8.67. The average molecular weight is 361 g/mol. The lowest BCUT2D eigenvalue weighted by atomic mass is 10.1. The molecule has 5 nitrogen and oxygen atoms in total. The van der Waals surface area contributed by atoms with Crippen LogP contribution in [-0.4, -0.2) is 11.9 Å². The van der Waals surface area contributed by atoms with Crippen LogP contribution in [0.25, 0.3) is 0 Å². The van der Waals surface area contributed by atoms with E-state index in [2.05, 4.69) is 10.6 Å². The van der Waals surface area contributed by atoms with Gasteiger partial charge in [0.25, 0.3) is 5.91 Å². The summed E-state index contributed by atoms with van der Waals surface area (Å²) in [5, 5.41) is 6.14. The molecule has 0 radical (unpaired) electrons. The van der Waals surface area contributed by atoms with Crippen LogP contribution in [0.3, 0.4) is 0 Å². The number of nitrogens with two attached hydrogens (primary N) is 1. The van der Waals surface area contributed by atoms with E-state index in [4.69, 9.17) is 10.5 Å². The lowest BCUT2D eigenvalue weighted by molar-refractivity contribution is 0.0943. The molecule has 0 aliphatic rings. The highest BCUT2D eigenvalue weighted by atomic mass is 16.5. The van der Waals surface area contributed by atoms with Gasteiger partial charge >= 0.3 is 0 Å². The second-order valence-corrected chi connectivity index (χ2v) is 6.47. The molecule has 0 heterocycles. The maximum absolute atomic E-state index is 12.1. The number of rotatable bonds is 6. The number of carbonyl (C=O) groups is 1. The summed E-state index contributed by atoms with van der Waals surface area (Å²) >= 11 is 0. The van der Waals surface area contributed by atoms with Crippen molar-refractivity contribution in [3.63, 3.8) is 0 Å². The van der Waals surface area contributed by atoms with Gasteiger partial charge in [0.1, 0.15) is 5.75 Å². The maximum Gasteiger partial charge on any atom is 0.251 e. The van der Waals surface area contributed by atoms with Gasteiger partial charge in [-0.05, 0) is 56.3 Å². The summed E-state index contributed by atoms with van der Waals surface area (Å²) in [5.74, 6) is 1.29. The molecule has 0 unspecified atom stereocenters. The monoisotopic (exact) mass is 361 g/mol. The third-order valence-corrected chi connectivity index (χ3v) is 3.86. The van der Waals surface area contributed by atoms with Crippen molar-refractivity contribution in [1.82, 2.24) is 5.32 Å². The van der Waals surface area contributed by atoms with E-state index in [9.17, 15) is 4.79 Å². The topological polar surface area (TPSA) is 76.4 Å². The fraction of sp³-hybridized carbons (Fsp3) is 0.136. The summed E-state index contributed by atoms with van der Waals surface area (Å²) in [4.78, 5) is 12.1. The van der Waals surface area contributed by atoms with Crippen molar-refractivity contribution in [2.45, 2.75) is 19.9 Å². The zero-order valence-electron chi connectivity index (χ0n) is 15.4. The minimum absolute atomic E-state index is 0.0681. The largest absolute Gasteiger partial charge is 0.455 e. The van der Waals surface area contributed by atoms with Gasteiger partial charge in [0, 0.05) is 11.6 Å². The highest BCUT2D eigenvalue weighted by Crippen LogP contribution is 2.33. The molecule has 1 amide bonds. The zero-order chi connectivity index (χ0) is 19.2. The quantitative estimate of drug-likeness (QED) is 0.543. The van der Waals surface area contributed by atoms with Gasteiger partial charge in [-0.2, -0.15) is 0 Å². The standard InChI is InChI=1S/C22H23N3O2/c1-15(2)24-22(26)16-12-13-19(18(23)14-16)25-20-10-6-7-11-21(20)27-17-8-4-3-5-9-17/h3-15,25H,23H2,1-2H3,(H,24,26). The Labute approximate surface area is 159 Å². The molecule has 0 fully saturated rings. The van der Waals surface area contributed by atoms with Crippen LogP contribution in [0.5, 0.6) is 11.5 Å². The molecular weight excluding hydrogens is 338 g/mol. The number of nitrogen functional groups attached to an aromatic ring is 1. The summed E-state index contributed by atoms with van der Waals surface area (Å²) in [6, 6.07) is 22.5. The summed E-state index contributed by atoms with van der Waals surface area (Å²) in [6.45, 7) is 3.84. The number of anilines is 3. The third kappa shape index (κ3) is 4.79. The molecule has 0 aliphatic heterocycles. The highest BCUT2D eigenvalue weighted by Gasteiger charge is 2.11. The molecule has 3 rings (SSSR count). The second-order valence-electron chi connectivity index (χ2n) is 6.47. The van der Waals surface area contributed by atoms with E-state index in [1.54, 1.807) is 18.2 Å². The smallest absolute Gasteiger partial charge is 0.251 e. The van der Waals surface area contributed by atoms with Crippen LogP contribution in [0.2, 0.25) is 0 Å². The Balaban J connectivity index is 1.80. The van der Waals surface area contributed by atoms with Crippen molar-refractivity contribution in [1.29, 1.82) is 0 Å². The van der Waals surface area contributed by atoms with Crippen LogP contribution < -0.4 is 21.1 Å². The summed E-state index contributed by atoms with van der Waals surface area (Å²) in [6.07, 6.45) is 0. The van der Waals surface area contributed by atoms with Crippen LogP contribution in [0, 0.1) is 0 Å². The van der Waals surface area contributed by atoms with E-state index < -0.39 is 0 Å². The van der Waals surface area contributed by atoms with Gasteiger partial charge in [-0.1, -0.05) is 30.3 Å². The average Bonchev–Trinajstić information content (AvgIpc) is 2.65. The van der Waals surface area contributed by atoms with Gasteiger partial charge in [-0.3, -0.25) is 4.79 Å². The third-order valence-electron chi connectivity index (χ3n) is 3.86. The van der Waals surface area contributed by atoms with Gasteiger partial charge in [0.2, 0.25) is 0 Å². The lowest BCUT2D eigenvalue weighted by Crippen LogP contribution is -2.30. The van der Waals surface area contributed by atoms with Crippen molar-refractivity contribution < 1.29 is 9.53 Å². The normalized spacial score (nSPS) is 10.5. The molecule has 3 aromatic rings. The second kappa shape index (κ2) is 8.27. The van der Waals surface area contributed by atoms with Crippen LogP contribution in [0.1, 0.15) is 24.2 Å². The number of nitrogens with one attached hydrogen (secondary N) is 2. The lowest BCUT2D eigenvalue weighted by Gasteiger charge is -2.15. The Morgan fingerprint density at radius 3 is 2.33 bits per heavy atom. The number of carbonyl (C=O) groups excluding carboxylic acids is 1. The first-order chi connectivity index (χ1) is 13.0. The molecule has 0 aromatic heterocycles. The fourth-order valence-electron chi connectivity index (χ4n) is 2.58. The van der Waals surface area contributed by atoms with E-state index in [1.807, 2.05) is 68.4 Å². The van der Waals surface area contributed by atoms with E-state index in [0.29, 0.717) is 22.7 Å². The molecule has 0 bridgehead atoms. The van der Waals surface area contributed by atoms with Gasteiger partial charge < -0.3 is 21.1 Å². The Bertz CT molecular complexity index is 924. The predicted molar refractivity (Wildman–Crippen MR) is 110 cm³/mol. The van der Waals surface area contributed by atoms with Gasteiger partial charge in [0.15, 0.2) is 5.75 Å². The van der Waals surface area contributed by atoms with Crippen molar-refractivity contribution in [2.75, 3.05) is 11.1 Å². The first kappa shape index (κ1) is 18.3. The van der Waals surface area contributed by atoms with Crippen molar-refractivity contribution >= 4 is 23.0 Å². The molecule has 3 aromatic carbocycles. The zero-order valence-corrected chi connectivity index (χ0v) is 15.4. The fourth-order valence-corrected chi connectivity index (χ4v) is 2.58. The number of amides is 1. The van der Waals surface area contributed by atoms with Crippen molar-refractivity contribution in [3.05, 3.63) is 78.4 Å². The molecule has 0 saturated heterocycles. The van der Waals surface area contributed by atoms with Gasteiger partial charge in [0.05, 0.1) is 17.1 Å². The molecule has 0 spiro atoms. The minimum Gasteiger partial charge on any atom is -0.455 e. The van der Waals surface area contributed by atoms with Crippen LogP contribution in [0.15, 0.2) is 72.8 Å². The Kier molecular flexibility index (Phi) is 5.61. The van der Waals surface area contributed by atoms with Crippen LogP contribution in [0.4, 0.5) is 17.1 Å². The predicted octanol–water partition coefficient (Wildman–Crippen LogP) is 4.94. The molecule has 138 valence electrons. The summed E-state index contributed by atoms with van der Waals surface area (Å²) < 4.78 is 5.96. The minimum atomic E-state index is -0.143. The van der Waals surface area contributed by atoms with Gasteiger partial charge in [-0.15, -0.1) is 0 Å². The van der Waals surface area contributed by atoms with Crippen LogP contribution >= 0.6 is 0 Å². The number of ether oxygens (including phenoxy) is 1. The molecule has 5 heteroatoms. The van der Waals surface area contributed by atoms with E-state index in [0.717, 1.165) is 11.4 Å². The van der Waals surface area contributed by atoms with E-state index in [-0.39, 0.29) is 11.9 Å². The SMILES string of the molecule is CC(C)NC(=O)c1ccc(Nc2ccccc2Oc2ccccc2)c(N)c1. The molecule has 0 atom stereocenters. The molecule has 27 heavy (non-hydrogen) atoms. The summed E-state index contributed by atoms with van der Waals surface area (Å²) in [7, 11) is 0. The van der Waals surface area contributed by atoms with Gasteiger partial charge in [-0.25, -0.2) is 0 Å². The van der Waals surface area contributed by atoms with E-state index in [1.165, 1.54) is 0 Å². The molecule has 0 saturated carbocycles. The van der Waals surface area contributed by atoms with Crippen LogP contribution in [-0.2, 0) is 0 Å². The number of para-hydroxylation sites is 3. The number of hydrogen-bond acceptors (Lipinski definition) is 4. The first-order valence-electron chi connectivity index (χ1n) is 8.82. The Morgan fingerprint density at radius 2 is 1.63 bits per heavy atom. The maximum atomic E-state index is 12.1.